The van der Waals surface area contributed by atoms with E-state index in [9.17, 15) is 14.7 Å². The Morgan fingerprint density at radius 3 is 2.81 bits per heavy atom. The van der Waals surface area contributed by atoms with Gasteiger partial charge in [0.15, 0.2) is 0 Å². The second-order valence-electron chi connectivity index (χ2n) is 4.55. The number of aliphatic hydroxyl groups excluding tert-OH is 1. The van der Waals surface area contributed by atoms with Crippen LogP contribution in [0.5, 0.6) is 0 Å². The number of aliphatic hydroxyl groups is 1. The normalized spacial score (nSPS) is 26.3. The van der Waals surface area contributed by atoms with Crippen molar-refractivity contribution in [1.29, 1.82) is 0 Å². The Labute approximate surface area is 95.0 Å². The fraction of sp³-hybridized carbons (Fsp3) is 0.818. The minimum absolute atomic E-state index is 0.0354. The summed E-state index contributed by atoms with van der Waals surface area (Å²) in [6.45, 7) is 1.91. The van der Waals surface area contributed by atoms with E-state index in [1.165, 1.54) is 0 Å². The van der Waals surface area contributed by atoms with E-state index in [4.69, 9.17) is 0 Å². The number of amides is 2. The number of β-amino-alcohol motifs (C(OH)–C–C–N with tert-alkyl or cyclic N) is 1. The van der Waals surface area contributed by atoms with Crippen molar-refractivity contribution in [3.05, 3.63) is 0 Å². The van der Waals surface area contributed by atoms with Crippen LogP contribution in [0.4, 0.5) is 0 Å². The third-order valence-electron chi connectivity index (χ3n) is 3.26. The molecule has 5 heteroatoms. The highest BCUT2D eigenvalue weighted by Crippen LogP contribution is 2.13. The van der Waals surface area contributed by atoms with Gasteiger partial charge in [-0.25, -0.2) is 0 Å². The lowest BCUT2D eigenvalue weighted by Crippen LogP contribution is -2.44. The number of hydrogen-bond donors (Lipinski definition) is 1. The van der Waals surface area contributed by atoms with Gasteiger partial charge >= 0.3 is 0 Å². The molecule has 0 saturated carbocycles. The first-order valence-corrected chi connectivity index (χ1v) is 5.90. The van der Waals surface area contributed by atoms with Crippen molar-refractivity contribution in [2.24, 2.45) is 0 Å². The summed E-state index contributed by atoms with van der Waals surface area (Å²) in [6, 6.07) is 0. The Bertz CT molecular complexity index is 293. The Morgan fingerprint density at radius 2 is 2.19 bits per heavy atom. The number of carbonyl (C=O) groups excluding carboxylic acids is 2. The predicted octanol–water partition coefficient (Wildman–Crippen LogP) is -0.408. The molecule has 0 unspecified atom stereocenters. The van der Waals surface area contributed by atoms with Crippen LogP contribution in [0.2, 0.25) is 0 Å². The maximum absolute atomic E-state index is 11.8. The Balaban J connectivity index is 1.84. The largest absolute Gasteiger partial charge is 0.391 e. The second-order valence-corrected chi connectivity index (χ2v) is 4.55. The molecule has 5 nitrogen and oxygen atoms in total. The molecule has 2 aliphatic heterocycles. The predicted molar refractivity (Wildman–Crippen MR) is 57.6 cm³/mol. The fourth-order valence-electron chi connectivity index (χ4n) is 2.26. The summed E-state index contributed by atoms with van der Waals surface area (Å²) in [6.07, 6.45) is 2.75. The van der Waals surface area contributed by atoms with Crippen LogP contribution in [0.3, 0.4) is 0 Å². The van der Waals surface area contributed by atoms with Crippen LogP contribution >= 0.6 is 0 Å². The number of rotatable bonds is 2. The minimum atomic E-state index is -0.388. The van der Waals surface area contributed by atoms with E-state index >= 15 is 0 Å². The third kappa shape index (κ3) is 2.52. The first kappa shape index (κ1) is 11.4. The first-order chi connectivity index (χ1) is 7.66. The summed E-state index contributed by atoms with van der Waals surface area (Å²) < 4.78 is 0. The van der Waals surface area contributed by atoms with Gasteiger partial charge in [-0.15, -0.1) is 0 Å². The summed E-state index contributed by atoms with van der Waals surface area (Å²) in [7, 11) is 0. The van der Waals surface area contributed by atoms with Gasteiger partial charge in [0.1, 0.15) is 0 Å². The van der Waals surface area contributed by atoms with Crippen LogP contribution in [0.1, 0.15) is 25.7 Å². The van der Waals surface area contributed by atoms with Gasteiger partial charge < -0.3 is 14.9 Å². The lowest BCUT2D eigenvalue weighted by molar-refractivity contribution is -0.141. The molecule has 90 valence electrons. The van der Waals surface area contributed by atoms with E-state index in [0.29, 0.717) is 32.5 Å². The molecule has 1 N–H and O–H groups in total. The van der Waals surface area contributed by atoms with Crippen LogP contribution in [0.15, 0.2) is 0 Å². The van der Waals surface area contributed by atoms with E-state index in [1.807, 2.05) is 0 Å². The molecule has 2 aliphatic rings. The van der Waals surface area contributed by atoms with Crippen molar-refractivity contribution >= 4 is 11.8 Å². The number of hydrogen-bond acceptors (Lipinski definition) is 3. The van der Waals surface area contributed by atoms with Crippen LogP contribution in [0, 0.1) is 0 Å². The van der Waals surface area contributed by atoms with Crippen LogP contribution in [0.25, 0.3) is 0 Å². The Hall–Kier alpha value is -1.10. The molecule has 2 fully saturated rings. The molecule has 16 heavy (non-hydrogen) atoms. The number of likely N-dealkylation sites (tertiary alicyclic amines) is 2. The van der Waals surface area contributed by atoms with Gasteiger partial charge in [0.05, 0.1) is 12.6 Å². The van der Waals surface area contributed by atoms with E-state index in [1.54, 1.807) is 9.80 Å². The highest BCUT2D eigenvalue weighted by atomic mass is 16.3. The highest BCUT2D eigenvalue weighted by molar-refractivity contribution is 5.85. The molecule has 0 aromatic rings. The summed E-state index contributed by atoms with van der Waals surface area (Å²) in [5.74, 6) is 0.0474. The van der Waals surface area contributed by atoms with Crippen molar-refractivity contribution in [3.8, 4) is 0 Å². The van der Waals surface area contributed by atoms with E-state index < -0.39 is 0 Å². The zero-order valence-electron chi connectivity index (χ0n) is 9.39. The van der Waals surface area contributed by atoms with Gasteiger partial charge in [-0.1, -0.05) is 0 Å². The van der Waals surface area contributed by atoms with E-state index in [2.05, 4.69) is 0 Å². The fourth-order valence-corrected chi connectivity index (χ4v) is 2.26. The maximum Gasteiger partial charge on any atom is 0.242 e. The molecule has 0 aromatic carbocycles. The molecule has 2 saturated heterocycles. The van der Waals surface area contributed by atoms with Crippen molar-refractivity contribution < 1.29 is 14.7 Å². The average molecular weight is 226 g/mol. The Morgan fingerprint density at radius 1 is 1.38 bits per heavy atom. The quantitative estimate of drug-likeness (QED) is 0.696. The van der Waals surface area contributed by atoms with Gasteiger partial charge in [0.2, 0.25) is 11.8 Å². The van der Waals surface area contributed by atoms with Gasteiger partial charge in [0, 0.05) is 26.1 Å². The van der Waals surface area contributed by atoms with Crippen LogP contribution in [-0.2, 0) is 9.59 Å². The van der Waals surface area contributed by atoms with Crippen molar-refractivity contribution in [2.75, 3.05) is 26.2 Å². The maximum atomic E-state index is 11.8. The first-order valence-electron chi connectivity index (χ1n) is 5.90. The Kier molecular flexibility index (Phi) is 3.43. The molecule has 0 bridgehead atoms. The zero-order valence-corrected chi connectivity index (χ0v) is 9.39. The molecular formula is C11H18N2O3. The summed E-state index contributed by atoms with van der Waals surface area (Å²) >= 11 is 0. The molecule has 1 atom stereocenters. The van der Waals surface area contributed by atoms with Crippen LogP contribution < -0.4 is 0 Å². The number of nitrogens with zero attached hydrogens (tertiary/aromatic N) is 2. The van der Waals surface area contributed by atoms with Crippen molar-refractivity contribution in [1.82, 2.24) is 9.80 Å². The van der Waals surface area contributed by atoms with Crippen molar-refractivity contribution in [2.45, 2.75) is 31.8 Å². The molecule has 0 radical (unpaired) electrons. The summed E-state index contributed by atoms with van der Waals surface area (Å²) in [4.78, 5) is 26.6. The second kappa shape index (κ2) is 4.82. The van der Waals surface area contributed by atoms with Gasteiger partial charge in [-0.2, -0.15) is 0 Å². The standard InChI is InChI=1S/C11H18N2O3/c14-9-4-6-13(7-9)11(16)8-12-5-2-1-3-10(12)15/h9,14H,1-8H2/t9-/m1/s1. The topological polar surface area (TPSA) is 60.9 Å². The summed E-state index contributed by atoms with van der Waals surface area (Å²) in [5.41, 5.74) is 0. The summed E-state index contributed by atoms with van der Waals surface area (Å²) in [5, 5.41) is 9.33. The monoisotopic (exact) mass is 226 g/mol. The molecule has 0 aliphatic carbocycles. The SMILES string of the molecule is O=C1CCCCN1CC(=O)N1CC[C@@H](O)C1. The lowest BCUT2D eigenvalue weighted by atomic mass is 10.1. The molecule has 0 spiro atoms. The number of carbonyl (C=O) groups is 2. The van der Waals surface area contributed by atoms with E-state index in [-0.39, 0.29) is 24.5 Å². The molecule has 2 amide bonds. The van der Waals surface area contributed by atoms with E-state index in [0.717, 1.165) is 12.8 Å². The highest BCUT2D eigenvalue weighted by Gasteiger charge is 2.27. The van der Waals surface area contributed by atoms with Crippen LogP contribution in [-0.4, -0.2) is 59.0 Å². The molecule has 2 rings (SSSR count). The number of piperidine rings is 1. The molecule has 0 aromatic heterocycles. The lowest BCUT2D eigenvalue weighted by Gasteiger charge is -2.28. The van der Waals surface area contributed by atoms with Crippen molar-refractivity contribution in [3.63, 3.8) is 0 Å². The van der Waals surface area contributed by atoms with Gasteiger partial charge in [-0.05, 0) is 19.3 Å². The molecular weight excluding hydrogens is 208 g/mol. The van der Waals surface area contributed by atoms with Gasteiger partial charge in [0.25, 0.3) is 0 Å². The third-order valence-corrected chi connectivity index (χ3v) is 3.26. The smallest absolute Gasteiger partial charge is 0.242 e. The minimum Gasteiger partial charge on any atom is -0.391 e. The molecule has 2 heterocycles. The van der Waals surface area contributed by atoms with Gasteiger partial charge in [-0.3, -0.25) is 9.59 Å². The zero-order chi connectivity index (χ0) is 11.5. The average Bonchev–Trinajstić information content (AvgIpc) is 2.68.